The second kappa shape index (κ2) is 6.53. The topological polar surface area (TPSA) is 102 Å². The molecule has 0 heterocycles. The summed E-state index contributed by atoms with van der Waals surface area (Å²) in [5.41, 5.74) is -0.262. The maximum Gasteiger partial charge on any atom is 0.270 e. The fourth-order valence-electron chi connectivity index (χ4n) is 1.63. The number of non-ortho nitro benzene ring substituents is 1. The summed E-state index contributed by atoms with van der Waals surface area (Å²) in [4.78, 5) is 22.1. The number of aliphatic hydroxyl groups is 1. The van der Waals surface area contributed by atoms with Gasteiger partial charge in [-0.2, -0.15) is 0 Å². The second-order valence-electron chi connectivity index (χ2n) is 5.71. The van der Waals surface area contributed by atoms with E-state index in [2.05, 4.69) is 5.32 Å². The number of carbonyl (C=O) groups is 1. The monoisotopic (exact) mass is 296 g/mol. The number of ether oxygens (including phenoxy) is 1. The zero-order valence-electron chi connectivity index (χ0n) is 12.5. The smallest absolute Gasteiger partial charge is 0.270 e. The van der Waals surface area contributed by atoms with Gasteiger partial charge in [0.1, 0.15) is 5.75 Å². The van der Waals surface area contributed by atoms with Crippen LogP contribution in [0.2, 0.25) is 0 Å². The van der Waals surface area contributed by atoms with E-state index in [0.717, 1.165) is 0 Å². The summed E-state index contributed by atoms with van der Waals surface area (Å²) in [5, 5.41) is 22.7. The highest BCUT2D eigenvalue weighted by atomic mass is 16.6. The molecule has 1 unspecified atom stereocenters. The van der Waals surface area contributed by atoms with Crippen molar-refractivity contribution in [2.45, 2.75) is 45.9 Å². The van der Waals surface area contributed by atoms with Crippen LogP contribution in [-0.4, -0.2) is 27.6 Å². The molecule has 0 aliphatic rings. The van der Waals surface area contributed by atoms with E-state index < -0.39 is 17.6 Å². The van der Waals surface area contributed by atoms with Crippen LogP contribution in [0.3, 0.4) is 0 Å². The van der Waals surface area contributed by atoms with Gasteiger partial charge in [-0.15, -0.1) is 0 Å². The molecule has 116 valence electrons. The minimum Gasteiger partial charge on any atom is -0.481 e. The van der Waals surface area contributed by atoms with Gasteiger partial charge < -0.3 is 15.2 Å². The molecule has 7 heteroatoms. The van der Waals surface area contributed by atoms with Crippen LogP contribution in [0, 0.1) is 10.1 Å². The van der Waals surface area contributed by atoms with Crippen LogP contribution in [0.4, 0.5) is 5.69 Å². The molecule has 1 atom stereocenters. The van der Waals surface area contributed by atoms with Gasteiger partial charge in [-0.3, -0.25) is 14.9 Å². The molecule has 1 aromatic rings. The lowest BCUT2D eigenvalue weighted by molar-refractivity contribution is -0.385. The number of nitro benzene ring substituents is 1. The predicted molar refractivity (Wildman–Crippen MR) is 77.0 cm³/mol. The standard InChI is InChI=1S/C14H20N2O5/c1-9(13(18)15-14(2,3)4)21-12-6-5-11(16(19)20)7-10(12)8-17/h5-7,9,17H,8H2,1-4H3,(H,15,18). The van der Waals surface area contributed by atoms with Crippen LogP contribution in [0.25, 0.3) is 0 Å². The molecule has 1 aromatic carbocycles. The van der Waals surface area contributed by atoms with Crippen molar-refractivity contribution in [1.29, 1.82) is 0 Å². The molecular weight excluding hydrogens is 276 g/mol. The number of rotatable bonds is 5. The molecule has 7 nitrogen and oxygen atoms in total. The second-order valence-corrected chi connectivity index (χ2v) is 5.71. The minimum absolute atomic E-state index is 0.141. The van der Waals surface area contributed by atoms with Crippen molar-refractivity contribution in [3.05, 3.63) is 33.9 Å². The van der Waals surface area contributed by atoms with Gasteiger partial charge in [0.2, 0.25) is 0 Å². The zero-order valence-corrected chi connectivity index (χ0v) is 12.5. The van der Waals surface area contributed by atoms with Crippen molar-refractivity contribution in [3.63, 3.8) is 0 Å². The van der Waals surface area contributed by atoms with E-state index in [4.69, 9.17) is 4.74 Å². The zero-order chi connectivity index (χ0) is 16.2. The van der Waals surface area contributed by atoms with E-state index in [-0.39, 0.29) is 28.4 Å². The molecule has 0 spiro atoms. The predicted octanol–water partition coefficient (Wildman–Crippen LogP) is 1.77. The fraction of sp³-hybridized carbons (Fsp3) is 0.500. The van der Waals surface area contributed by atoms with Crippen molar-refractivity contribution in [1.82, 2.24) is 5.32 Å². The number of nitrogens with zero attached hydrogens (tertiary/aromatic N) is 1. The van der Waals surface area contributed by atoms with E-state index in [0.29, 0.717) is 0 Å². The highest BCUT2D eigenvalue weighted by Crippen LogP contribution is 2.25. The normalized spacial score (nSPS) is 12.6. The number of nitrogens with one attached hydrogen (secondary N) is 1. The third-order valence-electron chi connectivity index (χ3n) is 2.60. The summed E-state index contributed by atoms with van der Waals surface area (Å²) in [6, 6.07) is 3.87. The summed E-state index contributed by atoms with van der Waals surface area (Å²) in [6.45, 7) is 6.71. The molecule has 21 heavy (non-hydrogen) atoms. The Bertz CT molecular complexity index is 537. The first-order chi connectivity index (χ1) is 9.64. The number of amides is 1. The van der Waals surface area contributed by atoms with Gasteiger partial charge in [0, 0.05) is 23.2 Å². The van der Waals surface area contributed by atoms with Crippen molar-refractivity contribution in [2.24, 2.45) is 0 Å². The Morgan fingerprint density at radius 2 is 2.10 bits per heavy atom. The molecule has 0 saturated carbocycles. The van der Waals surface area contributed by atoms with Gasteiger partial charge in [0.25, 0.3) is 11.6 Å². The molecule has 0 aliphatic heterocycles. The van der Waals surface area contributed by atoms with E-state index in [1.165, 1.54) is 18.2 Å². The Labute approximate surface area is 123 Å². The first-order valence-electron chi connectivity index (χ1n) is 6.51. The van der Waals surface area contributed by atoms with E-state index >= 15 is 0 Å². The Kier molecular flexibility index (Phi) is 5.26. The number of carbonyl (C=O) groups excluding carboxylic acids is 1. The first-order valence-corrected chi connectivity index (χ1v) is 6.51. The summed E-state index contributed by atoms with van der Waals surface area (Å²) in [6.07, 6.45) is -0.781. The lowest BCUT2D eigenvalue weighted by Crippen LogP contribution is -2.46. The number of nitro groups is 1. The quantitative estimate of drug-likeness (QED) is 0.637. The fourth-order valence-corrected chi connectivity index (χ4v) is 1.63. The van der Waals surface area contributed by atoms with Gasteiger partial charge in [-0.25, -0.2) is 0 Å². The van der Waals surface area contributed by atoms with Gasteiger partial charge in [-0.05, 0) is 33.8 Å². The lowest BCUT2D eigenvalue weighted by Gasteiger charge is -2.24. The van der Waals surface area contributed by atoms with E-state index in [9.17, 15) is 20.0 Å². The molecule has 0 aromatic heterocycles. The van der Waals surface area contributed by atoms with Crippen LogP contribution in [0.5, 0.6) is 5.75 Å². The average molecular weight is 296 g/mol. The summed E-state index contributed by atoms with van der Waals surface area (Å²) in [7, 11) is 0. The van der Waals surface area contributed by atoms with Crippen molar-refractivity contribution < 1.29 is 19.6 Å². The number of hydrogen-bond acceptors (Lipinski definition) is 5. The summed E-state index contributed by atoms with van der Waals surface area (Å²) in [5.74, 6) is -0.0515. The average Bonchev–Trinajstić information content (AvgIpc) is 2.36. The molecule has 0 fully saturated rings. The van der Waals surface area contributed by atoms with Crippen LogP contribution >= 0.6 is 0 Å². The van der Waals surface area contributed by atoms with Crippen LogP contribution in [0.15, 0.2) is 18.2 Å². The highest BCUT2D eigenvalue weighted by molar-refractivity contribution is 5.81. The molecule has 2 N–H and O–H groups in total. The maximum absolute atomic E-state index is 11.9. The number of hydrogen-bond donors (Lipinski definition) is 2. The third-order valence-corrected chi connectivity index (χ3v) is 2.60. The van der Waals surface area contributed by atoms with Crippen LogP contribution < -0.4 is 10.1 Å². The summed E-state index contributed by atoms with van der Waals surface area (Å²) < 4.78 is 5.48. The largest absolute Gasteiger partial charge is 0.481 e. The van der Waals surface area contributed by atoms with Crippen molar-refractivity contribution in [3.8, 4) is 5.75 Å². The van der Waals surface area contributed by atoms with Gasteiger partial charge >= 0.3 is 0 Å². The van der Waals surface area contributed by atoms with Crippen molar-refractivity contribution in [2.75, 3.05) is 0 Å². The Morgan fingerprint density at radius 3 is 2.57 bits per heavy atom. The SMILES string of the molecule is CC(Oc1ccc([N+](=O)[O-])cc1CO)C(=O)NC(C)(C)C. The minimum atomic E-state index is -0.781. The first kappa shape index (κ1) is 16.9. The van der Waals surface area contributed by atoms with E-state index in [1.54, 1.807) is 6.92 Å². The van der Waals surface area contributed by atoms with Gasteiger partial charge in [0.15, 0.2) is 6.10 Å². The number of benzene rings is 1. The molecule has 0 bridgehead atoms. The van der Waals surface area contributed by atoms with Gasteiger partial charge in [0.05, 0.1) is 11.5 Å². The lowest BCUT2D eigenvalue weighted by atomic mass is 10.1. The Morgan fingerprint density at radius 1 is 1.48 bits per heavy atom. The number of aliphatic hydroxyl groups excluding tert-OH is 1. The highest BCUT2D eigenvalue weighted by Gasteiger charge is 2.22. The van der Waals surface area contributed by atoms with Crippen LogP contribution in [0.1, 0.15) is 33.3 Å². The third kappa shape index (κ3) is 5.03. The molecule has 1 rings (SSSR count). The molecule has 0 aliphatic carbocycles. The molecule has 1 amide bonds. The van der Waals surface area contributed by atoms with Crippen molar-refractivity contribution >= 4 is 11.6 Å². The molecular formula is C14H20N2O5. The van der Waals surface area contributed by atoms with Gasteiger partial charge in [-0.1, -0.05) is 0 Å². The molecule has 0 saturated heterocycles. The van der Waals surface area contributed by atoms with E-state index in [1.807, 2.05) is 20.8 Å². The maximum atomic E-state index is 11.9. The summed E-state index contributed by atoms with van der Waals surface area (Å²) >= 11 is 0. The Balaban J connectivity index is 2.87. The molecule has 0 radical (unpaired) electrons. The Hall–Kier alpha value is -2.15. The van der Waals surface area contributed by atoms with Crippen LogP contribution in [-0.2, 0) is 11.4 Å².